The molecule has 0 N–H and O–H groups in total. The molecule has 0 radical (unpaired) electrons. The minimum absolute atomic E-state index is 0.0207. The highest BCUT2D eigenvalue weighted by atomic mass is 32.1. The van der Waals surface area contributed by atoms with Crippen LogP contribution in [-0.2, 0) is 19.4 Å². The van der Waals surface area contributed by atoms with Gasteiger partial charge in [0.25, 0.3) is 5.56 Å². The van der Waals surface area contributed by atoms with Crippen molar-refractivity contribution in [2.75, 3.05) is 0 Å². The molecule has 0 amide bonds. The number of aromatic nitrogens is 4. The number of fused-ring (bicyclic) bond motifs is 3. The summed E-state index contributed by atoms with van der Waals surface area (Å²) in [7, 11) is 0. The maximum atomic E-state index is 13.1. The zero-order valence-corrected chi connectivity index (χ0v) is 16.6. The van der Waals surface area contributed by atoms with E-state index in [1.807, 2.05) is 31.2 Å². The molecular formula is C21H20N4O2S. The number of benzene rings is 1. The Bertz CT molecular complexity index is 1240. The SMILES string of the molecule is Cc1ccccc1-c1noc(Cn2cnc3sc4c(c3c2=O)CC[C@H](C)C4)n1. The second kappa shape index (κ2) is 6.67. The monoisotopic (exact) mass is 392 g/mol. The van der Waals surface area contributed by atoms with Crippen LogP contribution in [-0.4, -0.2) is 19.7 Å². The molecule has 0 aliphatic heterocycles. The van der Waals surface area contributed by atoms with E-state index < -0.39 is 0 Å². The van der Waals surface area contributed by atoms with Crippen LogP contribution in [0.3, 0.4) is 0 Å². The van der Waals surface area contributed by atoms with Crippen LogP contribution in [0.15, 0.2) is 39.9 Å². The van der Waals surface area contributed by atoms with Gasteiger partial charge in [0.1, 0.15) is 11.4 Å². The van der Waals surface area contributed by atoms with Gasteiger partial charge < -0.3 is 4.52 Å². The number of hydrogen-bond donors (Lipinski definition) is 0. The number of rotatable bonds is 3. The Morgan fingerprint density at radius 3 is 3.04 bits per heavy atom. The molecule has 0 fully saturated rings. The molecule has 0 saturated heterocycles. The summed E-state index contributed by atoms with van der Waals surface area (Å²) in [5, 5.41) is 4.86. The zero-order valence-electron chi connectivity index (χ0n) is 15.8. The number of aryl methyl sites for hydroxylation is 2. The van der Waals surface area contributed by atoms with Gasteiger partial charge in [-0.1, -0.05) is 36.3 Å². The maximum absolute atomic E-state index is 13.1. The van der Waals surface area contributed by atoms with Crippen LogP contribution in [0.1, 0.15) is 35.2 Å². The van der Waals surface area contributed by atoms with Crippen molar-refractivity contribution >= 4 is 21.6 Å². The first kappa shape index (κ1) is 17.3. The summed E-state index contributed by atoms with van der Waals surface area (Å²) in [6, 6.07) is 7.89. The van der Waals surface area contributed by atoms with E-state index in [4.69, 9.17) is 4.52 Å². The lowest BCUT2D eigenvalue weighted by molar-refractivity contribution is 0.369. The first-order valence-electron chi connectivity index (χ1n) is 9.48. The van der Waals surface area contributed by atoms with Crippen LogP contribution < -0.4 is 5.56 Å². The third-order valence-corrected chi connectivity index (χ3v) is 6.60. The van der Waals surface area contributed by atoms with Gasteiger partial charge in [0.15, 0.2) is 0 Å². The van der Waals surface area contributed by atoms with Gasteiger partial charge >= 0.3 is 0 Å². The standard InChI is InChI=1S/C21H20N4O2S/c1-12-7-8-15-16(9-12)28-20-18(15)21(26)25(11-22-20)10-17-23-19(24-27-17)14-6-4-3-5-13(14)2/h3-6,11-12H,7-10H2,1-2H3/t12-/m0/s1. The van der Waals surface area contributed by atoms with Crippen LogP contribution in [0.4, 0.5) is 0 Å². The maximum Gasteiger partial charge on any atom is 0.262 e. The number of hydrogen-bond acceptors (Lipinski definition) is 6. The predicted molar refractivity (Wildman–Crippen MR) is 109 cm³/mol. The van der Waals surface area contributed by atoms with E-state index >= 15 is 0 Å². The highest BCUT2D eigenvalue weighted by Crippen LogP contribution is 2.35. The summed E-state index contributed by atoms with van der Waals surface area (Å²) >= 11 is 1.66. The molecule has 5 rings (SSSR count). The van der Waals surface area contributed by atoms with Gasteiger partial charge in [-0.2, -0.15) is 4.98 Å². The molecule has 0 spiro atoms. The van der Waals surface area contributed by atoms with Crippen LogP contribution in [0, 0.1) is 12.8 Å². The molecular weight excluding hydrogens is 372 g/mol. The molecule has 0 bridgehead atoms. The fourth-order valence-electron chi connectivity index (χ4n) is 3.88. The molecule has 3 aromatic heterocycles. The topological polar surface area (TPSA) is 73.8 Å². The van der Waals surface area contributed by atoms with E-state index in [2.05, 4.69) is 22.0 Å². The minimum atomic E-state index is -0.0207. The van der Waals surface area contributed by atoms with Crippen LogP contribution in [0.2, 0.25) is 0 Å². The van der Waals surface area contributed by atoms with Crippen molar-refractivity contribution in [1.29, 1.82) is 0 Å². The van der Waals surface area contributed by atoms with Gasteiger partial charge in [-0.15, -0.1) is 11.3 Å². The molecule has 4 aromatic rings. The molecule has 6 nitrogen and oxygen atoms in total. The van der Waals surface area contributed by atoms with E-state index in [0.29, 0.717) is 17.6 Å². The molecule has 1 aliphatic carbocycles. The Hall–Kier alpha value is -2.80. The minimum Gasteiger partial charge on any atom is -0.337 e. The molecule has 7 heteroatoms. The molecule has 1 aliphatic rings. The van der Waals surface area contributed by atoms with E-state index in [1.165, 1.54) is 10.4 Å². The van der Waals surface area contributed by atoms with Crippen LogP contribution >= 0.6 is 11.3 Å². The van der Waals surface area contributed by atoms with Gasteiger partial charge in [0.2, 0.25) is 11.7 Å². The van der Waals surface area contributed by atoms with Crippen molar-refractivity contribution in [3.05, 3.63) is 62.8 Å². The van der Waals surface area contributed by atoms with E-state index in [9.17, 15) is 4.79 Å². The summed E-state index contributed by atoms with van der Waals surface area (Å²) in [5.41, 5.74) is 3.18. The lowest BCUT2D eigenvalue weighted by Crippen LogP contribution is -2.22. The van der Waals surface area contributed by atoms with Crippen molar-refractivity contribution in [2.45, 2.75) is 39.7 Å². The summed E-state index contributed by atoms with van der Waals surface area (Å²) in [4.78, 5) is 24.3. The molecule has 3 heterocycles. The summed E-state index contributed by atoms with van der Waals surface area (Å²) in [6.07, 6.45) is 4.71. The van der Waals surface area contributed by atoms with Crippen molar-refractivity contribution in [2.24, 2.45) is 5.92 Å². The predicted octanol–water partition coefficient (Wildman–Crippen LogP) is 3.99. The van der Waals surface area contributed by atoms with Crippen LogP contribution in [0.25, 0.3) is 21.6 Å². The first-order valence-corrected chi connectivity index (χ1v) is 10.3. The molecule has 1 aromatic carbocycles. The quantitative estimate of drug-likeness (QED) is 0.527. The van der Waals surface area contributed by atoms with Gasteiger partial charge in [0.05, 0.1) is 11.7 Å². The molecule has 0 unspecified atom stereocenters. The highest BCUT2D eigenvalue weighted by molar-refractivity contribution is 7.18. The number of thiophene rings is 1. The summed E-state index contributed by atoms with van der Waals surface area (Å²) in [6.45, 7) is 4.50. The smallest absolute Gasteiger partial charge is 0.262 e. The lowest BCUT2D eigenvalue weighted by Gasteiger charge is -2.17. The van der Waals surface area contributed by atoms with E-state index in [0.717, 1.165) is 40.6 Å². The summed E-state index contributed by atoms with van der Waals surface area (Å²) < 4.78 is 6.98. The van der Waals surface area contributed by atoms with E-state index in [-0.39, 0.29) is 12.1 Å². The average molecular weight is 392 g/mol. The molecule has 1 atom stereocenters. The highest BCUT2D eigenvalue weighted by Gasteiger charge is 2.23. The Morgan fingerprint density at radius 2 is 2.18 bits per heavy atom. The average Bonchev–Trinajstić information content (AvgIpc) is 3.28. The zero-order chi connectivity index (χ0) is 19.3. The molecule has 28 heavy (non-hydrogen) atoms. The largest absolute Gasteiger partial charge is 0.337 e. The van der Waals surface area contributed by atoms with Gasteiger partial charge in [-0.3, -0.25) is 9.36 Å². The fourth-order valence-corrected chi connectivity index (χ4v) is 5.22. The van der Waals surface area contributed by atoms with Crippen molar-refractivity contribution < 1.29 is 4.52 Å². The molecule has 0 saturated carbocycles. The third-order valence-electron chi connectivity index (χ3n) is 5.44. The Kier molecular flexibility index (Phi) is 4.12. The van der Waals surface area contributed by atoms with Gasteiger partial charge in [-0.25, -0.2) is 4.98 Å². The first-order chi connectivity index (χ1) is 13.6. The molecule has 142 valence electrons. The van der Waals surface area contributed by atoms with Crippen molar-refractivity contribution in [3.8, 4) is 11.4 Å². The number of nitrogens with zero attached hydrogens (tertiary/aromatic N) is 4. The Labute approximate surface area is 165 Å². The third kappa shape index (κ3) is 2.86. The van der Waals surface area contributed by atoms with Crippen molar-refractivity contribution in [1.82, 2.24) is 19.7 Å². The summed E-state index contributed by atoms with van der Waals surface area (Å²) in [5.74, 6) is 1.61. The fraction of sp³-hybridized carbons (Fsp3) is 0.333. The Morgan fingerprint density at radius 1 is 1.32 bits per heavy atom. The van der Waals surface area contributed by atoms with Crippen LogP contribution in [0.5, 0.6) is 0 Å². The Balaban J connectivity index is 1.50. The second-order valence-corrected chi connectivity index (χ2v) is 8.62. The van der Waals surface area contributed by atoms with Gasteiger partial charge in [0, 0.05) is 10.4 Å². The van der Waals surface area contributed by atoms with Crippen molar-refractivity contribution in [3.63, 3.8) is 0 Å². The lowest BCUT2D eigenvalue weighted by atomic mass is 9.89. The van der Waals surface area contributed by atoms with E-state index in [1.54, 1.807) is 22.2 Å². The normalized spacial score (nSPS) is 16.4. The van der Waals surface area contributed by atoms with Gasteiger partial charge in [-0.05, 0) is 43.2 Å². The second-order valence-electron chi connectivity index (χ2n) is 7.54.